The van der Waals surface area contributed by atoms with Gasteiger partial charge in [0.1, 0.15) is 0 Å². The fourth-order valence-corrected chi connectivity index (χ4v) is 1.46. The largest absolute Gasteiger partial charge is 0.360 e. The third kappa shape index (κ3) is 4.19. The van der Waals surface area contributed by atoms with Gasteiger partial charge in [0.2, 0.25) is 0 Å². The Kier molecular flexibility index (Phi) is 8.90. The van der Waals surface area contributed by atoms with Gasteiger partial charge in [-0.2, -0.15) is 0 Å². The number of hydrogen-bond acceptors (Lipinski definition) is 1. The van der Waals surface area contributed by atoms with Crippen LogP contribution in [0.1, 0.15) is 33.1 Å². The molecule has 13 heavy (non-hydrogen) atoms. The standard InChI is InChI=1S/C9H18N2.2ClH/c1-3-8(2)9(10)11-6-4-5-7-11;;/h8,10H,3-7H2,1-2H3;2*1H. The van der Waals surface area contributed by atoms with Crippen LogP contribution in [0, 0.1) is 11.3 Å². The van der Waals surface area contributed by atoms with Crippen LogP contribution in [0.4, 0.5) is 0 Å². The Bertz CT molecular complexity index is 145. The highest BCUT2D eigenvalue weighted by Gasteiger charge is 2.17. The van der Waals surface area contributed by atoms with Crippen molar-refractivity contribution >= 4 is 30.6 Å². The van der Waals surface area contributed by atoms with Gasteiger partial charge in [-0.3, -0.25) is 5.41 Å². The molecular weight excluding hydrogens is 207 g/mol. The van der Waals surface area contributed by atoms with Crippen molar-refractivity contribution in [2.45, 2.75) is 33.1 Å². The molecule has 0 bridgehead atoms. The average Bonchev–Trinajstić information content (AvgIpc) is 2.53. The van der Waals surface area contributed by atoms with E-state index in [1.54, 1.807) is 0 Å². The van der Waals surface area contributed by atoms with Gasteiger partial charge in [-0.1, -0.05) is 13.8 Å². The summed E-state index contributed by atoms with van der Waals surface area (Å²) < 4.78 is 0. The number of rotatable bonds is 2. The van der Waals surface area contributed by atoms with E-state index in [2.05, 4.69) is 18.7 Å². The lowest BCUT2D eigenvalue weighted by Crippen LogP contribution is -2.31. The fourth-order valence-electron chi connectivity index (χ4n) is 1.46. The van der Waals surface area contributed by atoms with Crippen molar-refractivity contribution in [1.29, 1.82) is 5.41 Å². The first-order chi connectivity index (χ1) is 5.25. The molecule has 0 aromatic carbocycles. The SMILES string of the molecule is CCC(C)C(=N)N1CCCC1.Cl.Cl. The highest BCUT2D eigenvalue weighted by molar-refractivity contribution is 5.85. The molecular formula is C9H20Cl2N2. The first-order valence-corrected chi connectivity index (χ1v) is 4.59. The molecule has 1 saturated heterocycles. The molecule has 0 radical (unpaired) electrons. The number of halogens is 2. The molecule has 0 saturated carbocycles. The molecule has 1 atom stereocenters. The van der Waals surface area contributed by atoms with E-state index in [0.717, 1.165) is 25.3 Å². The predicted molar refractivity (Wildman–Crippen MR) is 62.5 cm³/mol. The maximum absolute atomic E-state index is 7.82. The molecule has 0 aromatic rings. The minimum atomic E-state index is 0. The van der Waals surface area contributed by atoms with Crippen LogP contribution in [0.5, 0.6) is 0 Å². The zero-order valence-corrected chi connectivity index (χ0v) is 10.0. The maximum Gasteiger partial charge on any atom is 0.0986 e. The molecule has 0 aromatic heterocycles. The lowest BCUT2D eigenvalue weighted by molar-refractivity contribution is 0.473. The molecule has 1 rings (SSSR count). The van der Waals surface area contributed by atoms with Crippen molar-refractivity contribution in [1.82, 2.24) is 4.90 Å². The van der Waals surface area contributed by atoms with E-state index in [1.807, 2.05) is 0 Å². The lowest BCUT2D eigenvalue weighted by atomic mass is 10.1. The number of amidine groups is 1. The van der Waals surface area contributed by atoms with E-state index in [-0.39, 0.29) is 24.8 Å². The fraction of sp³-hybridized carbons (Fsp3) is 0.889. The molecule has 80 valence electrons. The van der Waals surface area contributed by atoms with Crippen LogP contribution >= 0.6 is 24.8 Å². The van der Waals surface area contributed by atoms with Crippen molar-refractivity contribution < 1.29 is 0 Å². The summed E-state index contributed by atoms with van der Waals surface area (Å²) in [4.78, 5) is 2.22. The van der Waals surface area contributed by atoms with Crippen LogP contribution in [-0.4, -0.2) is 23.8 Å². The van der Waals surface area contributed by atoms with Gasteiger partial charge in [0, 0.05) is 19.0 Å². The van der Waals surface area contributed by atoms with E-state index >= 15 is 0 Å². The van der Waals surface area contributed by atoms with Crippen LogP contribution in [0.3, 0.4) is 0 Å². The third-order valence-corrected chi connectivity index (χ3v) is 2.53. The van der Waals surface area contributed by atoms with E-state index in [1.165, 1.54) is 12.8 Å². The topological polar surface area (TPSA) is 27.1 Å². The van der Waals surface area contributed by atoms with E-state index < -0.39 is 0 Å². The van der Waals surface area contributed by atoms with Crippen molar-refractivity contribution in [2.24, 2.45) is 5.92 Å². The van der Waals surface area contributed by atoms with E-state index in [9.17, 15) is 0 Å². The summed E-state index contributed by atoms with van der Waals surface area (Å²) in [6.07, 6.45) is 3.65. The predicted octanol–water partition coefficient (Wildman–Crippen LogP) is 2.95. The first kappa shape index (κ1) is 15.5. The highest BCUT2D eigenvalue weighted by atomic mass is 35.5. The quantitative estimate of drug-likeness (QED) is 0.569. The van der Waals surface area contributed by atoms with Gasteiger partial charge in [-0.15, -0.1) is 24.8 Å². The number of nitrogens with zero attached hydrogens (tertiary/aromatic N) is 1. The Balaban J connectivity index is 0. The summed E-state index contributed by atoms with van der Waals surface area (Å²) in [5.41, 5.74) is 0. The Morgan fingerprint density at radius 2 is 1.77 bits per heavy atom. The summed E-state index contributed by atoms with van der Waals surface area (Å²) in [6, 6.07) is 0. The van der Waals surface area contributed by atoms with E-state index in [0.29, 0.717) is 5.92 Å². The van der Waals surface area contributed by atoms with Gasteiger partial charge in [-0.05, 0) is 19.3 Å². The van der Waals surface area contributed by atoms with Gasteiger partial charge in [0.25, 0.3) is 0 Å². The minimum Gasteiger partial charge on any atom is -0.360 e. The number of nitrogens with one attached hydrogen (secondary N) is 1. The Labute approximate surface area is 93.4 Å². The Morgan fingerprint density at radius 1 is 1.31 bits per heavy atom. The van der Waals surface area contributed by atoms with Gasteiger partial charge in [0.15, 0.2) is 0 Å². The highest BCUT2D eigenvalue weighted by Crippen LogP contribution is 2.13. The zero-order valence-electron chi connectivity index (χ0n) is 8.38. The normalized spacial score (nSPS) is 17.2. The van der Waals surface area contributed by atoms with Crippen LogP contribution in [-0.2, 0) is 0 Å². The third-order valence-electron chi connectivity index (χ3n) is 2.53. The maximum atomic E-state index is 7.82. The van der Waals surface area contributed by atoms with Crippen molar-refractivity contribution in [3.63, 3.8) is 0 Å². The zero-order chi connectivity index (χ0) is 8.27. The molecule has 1 aliphatic heterocycles. The van der Waals surface area contributed by atoms with Crippen LogP contribution < -0.4 is 0 Å². The molecule has 1 aliphatic rings. The average molecular weight is 227 g/mol. The molecule has 0 amide bonds. The molecule has 1 heterocycles. The number of likely N-dealkylation sites (tertiary alicyclic amines) is 1. The van der Waals surface area contributed by atoms with Crippen LogP contribution in [0.15, 0.2) is 0 Å². The van der Waals surface area contributed by atoms with Crippen LogP contribution in [0.25, 0.3) is 0 Å². The van der Waals surface area contributed by atoms with Crippen molar-refractivity contribution in [2.75, 3.05) is 13.1 Å². The van der Waals surface area contributed by atoms with E-state index in [4.69, 9.17) is 5.41 Å². The van der Waals surface area contributed by atoms with Gasteiger partial charge in [0.05, 0.1) is 5.84 Å². The summed E-state index contributed by atoms with van der Waals surface area (Å²) in [5, 5.41) is 7.82. The Morgan fingerprint density at radius 3 is 2.15 bits per heavy atom. The molecule has 2 nitrogen and oxygen atoms in total. The molecule has 1 fully saturated rings. The Hall–Kier alpha value is 0.0500. The van der Waals surface area contributed by atoms with Gasteiger partial charge < -0.3 is 4.90 Å². The van der Waals surface area contributed by atoms with Crippen molar-refractivity contribution in [3.8, 4) is 0 Å². The second-order valence-electron chi connectivity index (χ2n) is 3.39. The lowest BCUT2D eigenvalue weighted by Gasteiger charge is -2.22. The summed E-state index contributed by atoms with van der Waals surface area (Å²) >= 11 is 0. The van der Waals surface area contributed by atoms with Crippen LogP contribution in [0.2, 0.25) is 0 Å². The first-order valence-electron chi connectivity index (χ1n) is 4.59. The van der Waals surface area contributed by atoms with Crippen molar-refractivity contribution in [3.05, 3.63) is 0 Å². The second-order valence-corrected chi connectivity index (χ2v) is 3.39. The summed E-state index contributed by atoms with van der Waals surface area (Å²) in [5.74, 6) is 1.30. The van der Waals surface area contributed by atoms with Gasteiger partial charge in [-0.25, -0.2) is 0 Å². The number of hydrogen-bond donors (Lipinski definition) is 1. The van der Waals surface area contributed by atoms with Gasteiger partial charge >= 0.3 is 0 Å². The summed E-state index contributed by atoms with van der Waals surface area (Å²) in [6.45, 7) is 6.52. The molecule has 0 spiro atoms. The smallest absolute Gasteiger partial charge is 0.0986 e. The summed E-state index contributed by atoms with van der Waals surface area (Å²) in [7, 11) is 0. The monoisotopic (exact) mass is 226 g/mol. The second kappa shape index (κ2) is 7.45. The molecule has 1 N–H and O–H groups in total. The molecule has 4 heteroatoms. The molecule has 0 aliphatic carbocycles. The molecule has 1 unspecified atom stereocenters. The minimum absolute atomic E-state index is 0.